The molecule has 3 rings (SSSR count). The largest absolute Gasteiger partial charge is 0.337 e. The summed E-state index contributed by atoms with van der Waals surface area (Å²) in [7, 11) is 2.08. The molecule has 1 aromatic carbocycles. The van der Waals surface area contributed by atoms with Gasteiger partial charge in [-0.3, -0.25) is 4.90 Å². The van der Waals surface area contributed by atoms with Crippen LogP contribution in [0.1, 0.15) is 30.3 Å². The van der Waals surface area contributed by atoms with Crippen LogP contribution in [0.5, 0.6) is 0 Å². The van der Waals surface area contributed by atoms with Gasteiger partial charge >= 0.3 is 0 Å². The molecule has 1 aliphatic heterocycles. The lowest BCUT2D eigenvalue weighted by Crippen LogP contribution is -2.47. The molecule has 1 aliphatic rings. The van der Waals surface area contributed by atoms with Crippen LogP contribution in [0.2, 0.25) is 0 Å². The molecular formula is C17H23BrN4. The number of hydrogen-bond donors (Lipinski definition) is 1. The van der Waals surface area contributed by atoms with E-state index in [2.05, 4.69) is 73.9 Å². The molecule has 4 nitrogen and oxygen atoms in total. The normalized spacial score (nSPS) is 21.0. The molecule has 2 atom stereocenters. The molecule has 0 bridgehead atoms. The summed E-state index contributed by atoms with van der Waals surface area (Å²) in [6, 6.07) is 8.99. The molecule has 0 spiro atoms. The van der Waals surface area contributed by atoms with Gasteiger partial charge in [0, 0.05) is 50.1 Å². The summed E-state index contributed by atoms with van der Waals surface area (Å²) >= 11 is 3.57. The van der Waals surface area contributed by atoms with E-state index in [1.54, 1.807) is 0 Å². The zero-order valence-corrected chi connectivity index (χ0v) is 14.8. The Labute approximate surface area is 140 Å². The van der Waals surface area contributed by atoms with Crippen LogP contribution >= 0.6 is 15.9 Å². The number of piperazine rings is 1. The van der Waals surface area contributed by atoms with Crippen LogP contribution in [0.25, 0.3) is 0 Å². The van der Waals surface area contributed by atoms with Crippen molar-refractivity contribution in [1.29, 1.82) is 0 Å². The highest BCUT2D eigenvalue weighted by atomic mass is 79.9. The maximum Gasteiger partial charge on any atom is 0.127 e. The quantitative estimate of drug-likeness (QED) is 0.907. The van der Waals surface area contributed by atoms with Gasteiger partial charge in [-0.25, -0.2) is 4.98 Å². The molecule has 1 aromatic heterocycles. The number of rotatable bonds is 4. The Morgan fingerprint density at radius 1 is 1.45 bits per heavy atom. The Hall–Kier alpha value is -1.17. The predicted molar refractivity (Wildman–Crippen MR) is 92.9 cm³/mol. The molecule has 2 unspecified atom stereocenters. The van der Waals surface area contributed by atoms with Gasteiger partial charge in [0.05, 0.1) is 6.04 Å². The van der Waals surface area contributed by atoms with Crippen molar-refractivity contribution in [3.8, 4) is 0 Å². The summed E-state index contributed by atoms with van der Waals surface area (Å²) in [5, 5.41) is 3.50. The van der Waals surface area contributed by atoms with E-state index < -0.39 is 0 Å². The number of halogens is 1. The van der Waals surface area contributed by atoms with Gasteiger partial charge in [-0.2, -0.15) is 0 Å². The van der Waals surface area contributed by atoms with E-state index in [9.17, 15) is 0 Å². The van der Waals surface area contributed by atoms with E-state index in [1.165, 1.54) is 5.56 Å². The topological polar surface area (TPSA) is 33.1 Å². The van der Waals surface area contributed by atoms with Gasteiger partial charge < -0.3 is 9.88 Å². The Kier molecular flexibility index (Phi) is 4.96. The molecule has 22 heavy (non-hydrogen) atoms. The van der Waals surface area contributed by atoms with E-state index >= 15 is 0 Å². The second kappa shape index (κ2) is 6.94. The molecular weight excluding hydrogens is 340 g/mol. The van der Waals surface area contributed by atoms with Crippen molar-refractivity contribution in [2.75, 3.05) is 26.2 Å². The first kappa shape index (κ1) is 15.7. The Morgan fingerprint density at radius 2 is 2.32 bits per heavy atom. The third kappa shape index (κ3) is 3.42. The first-order valence-electron chi connectivity index (χ1n) is 7.82. The van der Waals surface area contributed by atoms with Crippen molar-refractivity contribution >= 4 is 15.9 Å². The Bertz CT molecular complexity index is 625. The van der Waals surface area contributed by atoms with Crippen LogP contribution in [-0.4, -0.2) is 40.6 Å². The molecule has 2 heterocycles. The number of nitrogens with zero attached hydrogens (tertiary/aromatic N) is 3. The number of benzene rings is 1. The maximum absolute atomic E-state index is 4.56. The number of aromatic nitrogens is 2. The highest BCUT2D eigenvalue weighted by Crippen LogP contribution is 2.26. The zero-order chi connectivity index (χ0) is 15.5. The molecule has 1 N–H and O–H groups in total. The smallest absolute Gasteiger partial charge is 0.127 e. The van der Waals surface area contributed by atoms with Crippen molar-refractivity contribution in [3.05, 3.63) is 52.5 Å². The molecule has 1 saturated heterocycles. The maximum atomic E-state index is 4.56. The minimum Gasteiger partial charge on any atom is -0.337 e. The minimum absolute atomic E-state index is 0.350. The second-order valence-corrected chi connectivity index (χ2v) is 6.98. The molecule has 0 radical (unpaired) electrons. The van der Waals surface area contributed by atoms with Gasteiger partial charge in [0.25, 0.3) is 0 Å². The highest BCUT2D eigenvalue weighted by Gasteiger charge is 2.27. The first-order valence-corrected chi connectivity index (χ1v) is 8.62. The van der Waals surface area contributed by atoms with Crippen molar-refractivity contribution < 1.29 is 0 Å². The fourth-order valence-corrected chi connectivity index (χ4v) is 3.60. The van der Waals surface area contributed by atoms with Crippen LogP contribution in [0.4, 0.5) is 0 Å². The number of nitrogens with one attached hydrogen (secondary N) is 1. The van der Waals surface area contributed by atoms with Gasteiger partial charge in [-0.05, 0) is 23.6 Å². The van der Waals surface area contributed by atoms with Crippen LogP contribution in [0, 0.1) is 0 Å². The van der Waals surface area contributed by atoms with E-state index in [1.807, 2.05) is 12.4 Å². The lowest BCUT2D eigenvalue weighted by molar-refractivity contribution is 0.145. The van der Waals surface area contributed by atoms with Crippen molar-refractivity contribution in [1.82, 2.24) is 19.8 Å². The number of imidazole rings is 1. The Balaban J connectivity index is 1.75. The standard InChI is InChI=1S/C17H23BrN4/c1-13(14-4-3-5-15(18)10-14)12-22-9-6-19-11-16(22)17-20-7-8-21(17)2/h3-5,7-8,10,13,16,19H,6,9,11-12H2,1-2H3. The SMILES string of the molecule is CC(CN1CCNCC1c1nccn1C)c1cccc(Br)c1. The summed E-state index contributed by atoms with van der Waals surface area (Å²) in [5.41, 5.74) is 1.38. The van der Waals surface area contributed by atoms with Crippen LogP contribution in [0.15, 0.2) is 41.1 Å². The summed E-state index contributed by atoms with van der Waals surface area (Å²) in [6.45, 7) is 6.44. The summed E-state index contributed by atoms with van der Waals surface area (Å²) in [5.74, 6) is 1.65. The summed E-state index contributed by atoms with van der Waals surface area (Å²) in [6.07, 6.45) is 3.92. The van der Waals surface area contributed by atoms with E-state index in [4.69, 9.17) is 0 Å². The lowest BCUT2D eigenvalue weighted by Gasteiger charge is -2.37. The second-order valence-electron chi connectivity index (χ2n) is 6.07. The number of aryl methyl sites for hydroxylation is 1. The molecule has 2 aromatic rings. The van der Waals surface area contributed by atoms with Crippen LogP contribution in [0.3, 0.4) is 0 Å². The van der Waals surface area contributed by atoms with Crippen LogP contribution in [-0.2, 0) is 7.05 Å². The van der Waals surface area contributed by atoms with Gasteiger partial charge in [-0.1, -0.05) is 35.0 Å². The van der Waals surface area contributed by atoms with E-state index in [0.717, 1.165) is 36.5 Å². The van der Waals surface area contributed by atoms with Crippen molar-refractivity contribution in [3.63, 3.8) is 0 Å². The van der Waals surface area contributed by atoms with Gasteiger partial charge in [0.2, 0.25) is 0 Å². The van der Waals surface area contributed by atoms with Gasteiger partial charge in [-0.15, -0.1) is 0 Å². The molecule has 0 saturated carbocycles. The zero-order valence-electron chi connectivity index (χ0n) is 13.2. The average molecular weight is 363 g/mol. The highest BCUT2D eigenvalue weighted by molar-refractivity contribution is 9.10. The van der Waals surface area contributed by atoms with Crippen molar-refractivity contribution in [2.24, 2.45) is 7.05 Å². The molecule has 1 fully saturated rings. The molecule has 0 aliphatic carbocycles. The fourth-order valence-electron chi connectivity index (χ4n) is 3.19. The fraction of sp³-hybridized carbons (Fsp3) is 0.471. The number of hydrogen-bond acceptors (Lipinski definition) is 3. The minimum atomic E-state index is 0.350. The Morgan fingerprint density at radius 3 is 3.05 bits per heavy atom. The lowest BCUT2D eigenvalue weighted by atomic mass is 9.99. The first-order chi connectivity index (χ1) is 10.6. The third-order valence-electron chi connectivity index (χ3n) is 4.44. The van der Waals surface area contributed by atoms with Crippen molar-refractivity contribution in [2.45, 2.75) is 18.9 Å². The van der Waals surface area contributed by atoms with Crippen LogP contribution < -0.4 is 5.32 Å². The van der Waals surface area contributed by atoms with E-state index in [0.29, 0.717) is 12.0 Å². The van der Waals surface area contributed by atoms with Gasteiger partial charge in [0.1, 0.15) is 5.82 Å². The average Bonchev–Trinajstić information content (AvgIpc) is 2.94. The summed E-state index contributed by atoms with van der Waals surface area (Å²) in [4.78, 5) is 7.12. The monoisotopic (exact) mass is 362 g/mol. The van der Waals surface area contributed by atoms with E-state index in [-0.39, 0.29) is 0 Å². The molecule has 5 heteroatoms. The molecule has 118 valence electrons. The van der Waals surface area contributed by atoms with Gasteiger partial charge in [0.15, 0.2) is 0 Å². The molecule has 0 amide bonds. The summed E-state index contributed by atoms with van der Waals surface area (Å²) < 4.78 is 3.28. The predicted octanol–water partition coefficient (Wildman–Crippen LogP) is 2.93. The third-order valence-corrected chi connectivity index (χ3v) is 4.93.